The monoisotopic (exact) mass is 312 g/mol. The molecule has 0 aromatic heterocycles. The Hall–Kier alpha value is -0.530. The molecule has 0 saturated carbocycles. The molecule has 18 heavy (non-hydrogen) atoms. The SMILES string of the molecule is COc1cc(Cl)c(CNS(=O)(=O)N(C)C)cc1Cl. The molecule has 0 aliphatic rings. The summed E-state index contributed by atoms with van der Waals surface area (Å²) in [4.78, 5) is 0. The Morgan fingerprint density at radius 2 is 1.89 bits per heavy atom. The maximum atomic E-state index is 11.5. The van der Waals surface area contributed by atoms with Gasteiger partial charge in [-0.15, -0.1) is 0 Å². The lowest BCUT2D eigenvalue weighted by molar-refractivity contribution is 0.415. The average molecular weight is 313 g/mol. The Balaban J connectivity index is 2.90. The second-order valence-corrected chi connectivity index (χ2v) is 6.47. The van der Waals surface area contributed by atoms with Crippen molar-refractivity contribution >= 4 is 33.4 Å². The first kappa shape index (κ1) is 15.5. The van der Waals surface area contributed by atoms with Gasteiger partial charge in [0.15, 0.2) is 0 Å². The summed E-state index contributed by atoms with van der Waals surface area (Å²) in [6.45, 7) is 0.0586. The maximum Gasteiger partial charge on any atom is 0.279 e. The van der Waals surface area contributed by atoms with Gasteiger partial charge in [-0.3, -0.25) is 0 Å². The van der Waals surface area contributed by atoms with E-state index in [0.29, 0.717) is 21.4 Å². The van der Waals surface area contributed by atoms with Crippen LogP contribution in [-0.2, 0) is 16.8 Å². The third-order valence-corrected chi connectivity index (χ3v) is 4.36. The van der Waals surface area contributed by atoms with Gasteiger partial charge in [0.25, 0.3) is 10.2 Å². The molecule has 1 rings (SSSR count). The van der Waals surface area contributed by atoms with Crippen LogP contribution < -0.4 is 9.46 Å². The predicted octanol–water partition coefficient (Wildman–Crippen LogP) is 1.90. The normalized spacial score (nSPS) is 11.9. The summed E-state index contributed by atoms with van der Waals surface area (Å²) >= 11 is 11.9. The van der Waals surface area contributed by atoms with Crippen LogP contribution in [-0.4, -0.2) is 33.9 Å². The van der Waals surface area contributed by atoms with Crippen molar-refractivity contribution in [2.24, 2.45) is 0 Å². The van der Waals surface area contributed by atoms with Gasteiger partial charge < -0.3 is 4.74 Å². The fourth-order valence-corrected chi connectivity index (χ4v) is 2.24. The number of rotatable bonds is 5. The average Bonchev–Trinajstić information content (AvgIpc) is 2.29. The summed E-state index contributed by atoms with van der Waals surface area (Å²) in [5.41, 5.74) is 0.577. The van der Waals surface area contributed by atoms with Crippen molar-refractivity contribution in [2.75, 3.05) is 21.2 Å². The molecule has 0 unspecified atom stereocenters. The van der Waals surface area contributed by atoms with Crippen LogP contribution in [0, 0.1) is 0 Å². The fraction of sp³-hybridized carbons (Fsp3) is 0.400. The number of hydrogen-bond acceptors (Lipinski definition) is 3. The van der Waals surface area contributed by atoms with Crippen molar-refractivity contribution in [1.82, 2.24) is 9.03 Å². The molecule has 0 bridgehead atoms. The van der Waals surface area contributed by atoms with E-state index < -0.39 is 10.2 Å². The summed E-state index contributed by atoms with van der Waals surface area (Å²) in [5.74, 6) is 0.445. The van der Waals surface area contributed by atoms with Gasteiger partial charge in [-0.2, -0.15) is 17.4 Å². The molecule has 0 fully saturated rings. The second kappa shape index (κ2) is 6.08. The minimum Gasteiger partial charge on any atom is -0.495 e. The summed E-state index contributed by atoms with van der Waals surface area (Å²) in [5, 5.41) is 0.763. The molecular formula is C10H14Cl2N2O3S. The Morgan fingerprint density at radius 3 is 2.39 bits per heavy atom. The largest absolute Gasteiger partial charge is 0.495 e. The van der Waals surface area contributed by atoms with E-state index in [1.807, 2.05) is 0 Å². The molecule has 1 aromatic carbocycles. The molecular weight excluding hydrogens is 299 g/mol. The number of ether oxygens (including phenoxy) is 1. The van der Waals surface area contributed by atoms with Crippen molar-refractivity contribution in [2.45, 2.75) is 6.54 Å². The molecule has 0 aliphatic carbocycles. The summed E-state index contributed by atoms with van der Waals surface area (Å²) in [6, 6.07) is 3.12. The van der Waals surface area contributed by atoms with Crippen LogP contribution in [0.25, 0.3) is 0 Å². The third-order valence-electron chi connectivity index (χ3n) is 2.25. The minimum atomic E-state index is -3.49. The lowest BCUT2D eigenvalue weighted by Crippen LogP contribution is -2.35. The zero-order valence-electron chi connectivity index (χ0n) is 10.2. The van der Waals surface area contributed by atoms with E-state index in [2.05, 4.69) is 4.72 Å². The molecule has 102 valence electrons. The molecule has 0 heterocycles. The van der Waals surface area contributed by atoms with E-state index in [1.165, 1.54) is 21.2 Å². The number of hydrogen-bond donors (Lipinski definition) is 1. The van der Waals surface area contributed by atoms with Gasteiger partial charge in [0.1, 0.15) is 5.75 Å². The molecule has 1 aromatic rings. The zero-order chi connectivity index (χ0) is 13.9. The zero-order valence-corrected chi connectivity index (χ0v) is 12.5. The Kier molecular flexibility index (Phi) is 5.24. The first-order valence-electron chi connectivity index (χ1n) is 4.97. The predicted molar refractivity (Wildman–Crippen MR) is 72.5 cm³/mol. The van der Waals surface area contributed by atoms with Gasteiger partial charge >= 0.3 is 0 Å². The topological polar surface area (TPSA) is 58.6 Å². The van der Waals surface area contributed by atoms with E-state index in [9.17, 15) is 8.42 Å². The quantitative estimate of drug-likeness (QED) is 0.903. The fourth-order valence-electron chi connectivity index (χ4n) is 1.16. The van der Waals surface area contributed by atoms with Crippen LogP contribution in [0.4, 0.5) is 0 Å². The first-order chi connectivity index (χ1) is 8.27. The van der Waals surface area contributed by atoms with Gasteiger partial charge in [0, 0.05) is 31.7 Å². The molecule has 0 atom stereocenters. The summed E-state index contributed by atoms with van der Waals surface area (Å²) < 4.78 is 31.5. The van der Waals surface area contributed by atoms with Gasteiger partial charge in [-0.1, -0.05) is 23.2 Å². The smallest absolute Gasteiger partial charge is 0.279 e. The standard InChI is InChI=1S/C10H14Cl2N2O3S/c1-14(2)18(15,16)13-6-7-4-9(12)10(17-3)5-8(7)11/h4-5,13H,6H2,1-3H3. The van der Waals surface area contributed by atoms with Crippen LogP contribution in [0.3, 0.4) is 0 Å². The van der Waals surface area contributed by atoms with Crippen molar-refractivity contribution in [3.05, 3.63) is 27.7 Å². The Bertz CT molecular complexity index is 532. The molecule has 0 radical (unpaired) electrons. The van der Waals surface area contributed by atoms with Crippen molar-refractivity contribution in [3.8, 4) is 5.75 Å². The highest BCUT2D eigenvalue weighted by molar-refractivity contribution is 7.87. The van der Waals surface area contributed by atoms with Crippen LogP contribution >= 0.6 is 23.2 Å². The molecule has 0 aliphatic heterocycles. The molecule has 5 nitrogen and oxygen atoms in total. The van der Waals surface area contributed by atoms with Crippen LogP contribution in [0.15, 0.2) is 12.1 Å². The van der Waals surface area contributed by atoms with Gasteiger partial charge in [0.05, 0.1) is 12.1 Å². The lowest BCUT2D eigenvalue weighted by atomic mass is 10.2. The van der Waals surface area contributed by atoms with Crippen molar-refractivity contribution in [3.63, 3.8) is 0 Å². The van der Waals surface area contributed by atoms with Crippen molar-refractivity contribution in [1.29, 1.82) is 0 Å². The highest BCUT2D eigenvalue weighted by Gasteiger charge is 2.14. The minimum absolute atomic E-state index is 0.0586. The molecule has 0 spiro atoms. The molecule has 0 saturated heterocycles. The molecule has 0 amide bonds. The number of halogens is 2. The first-order valence-corrected chi connectivity index (χ1v) is 7.16. The van der Waals surface area contributed by atoms with E-state index in [-0.39, 0.29) is 6.54 Å². The van der Waals surface area contributed by atoms with Gasteiger partial charge in [0.2, 0.25) is 0 Å². The number of nitrogens with zero attached hydrogens (tertiary/aromatic N) is 1. The van der Waals surface area contributed by atoms with Crippen molar-refractivity contribution < 1.29 is 13.2 Å². The van der Waals surface area contributed by atoms with Crippen LogP contribution in [0.2, 0.25) is 10.0 Å². The highest BCUT2D eigenvalue weighted by atomic mass is 35.5. The summed E-state index contributed by atoms with van der Waals surface area (Å²) in [7, 11) is 0.858. The third kappa shape index (κ3) is 3.73. The van der Waals surface area contributed by atoms with E-state index in [4.69, 9.17) is 27.9 Å². The Morgan fingerprint density at radius 1 is 1.28 bits per heavy atom. The Labute approximate surface area is 117 Å². The number of nitrogens with one attached hydrogen (secondary N) is 1. The second-order valence-electron chi connectivity index (χ2n) is 3.69. The number of benzene rings is 1. The van der Waals surface area contributed by atoms with Gasteiger partial charge in [-0.05, 0) is 11.6 Å². The lowest BCUT2D eigenvalue weighted by Gasteiger charge is -2.14. The molecule has 8 heteroatoms. The molecule has 1 N–H and O–H groups in total. The van der Waals surface area contributed by atoms with Gasteiger partial charge in [-0.25, -0.2) is 0 Å². The van der Waals surface area contributed by atoms with E-state index in [0.717, 1.165) is 4.31 Å². The maximum absolute atomic E-state index is 11.5. The van der Waals surface area contributed by atoms with E-state index in [1.54, 1.807) is 12.1 Å². The van der Waals surface area contributed by atoms with E-state index >= 15 is 0 Å². The highest BCUT2D eigenvalue weighted by Crippen LogP contribution is 2.30. The summed E-state index contributed by atoms with van der Waals surface area (Å²) in [6.07, 6.45) is 0. The van der Waals surface area contributed by atoms with Crippen LogP contribution in [0.1, 0.15) is 5.56 Å². The number of methoxy groups -OCH3 is 1. The van der Waals surface area contributed by atoms with Crippen LogP contribution in [0.5, 0.6) is 5.75 Å².